The highest BCUT2D eigenvalue weighted by Crippen LogP contribution is 2.34. The summed E-state index contributed by atoms with van der Waals surface area (Å²) in [6.45, 7) is 0.572. The second kappa shape index (κ2) is 7.19. The van der Waals surface area contributed by atoms with Gasteiger partial charge in [-0.05, 0) is 42.8 Å². The number of urea groups is 1. The molecule has 0 unspecified atom stereocenters. The molecular formula is C19H15F4N3O3. The maximum absolute atomic E-state index is 13.2. The van der Waals surface area contributed by atoms with Gasteiger partial charge in [0.2, 0.25) is 5.91 Å². The van der Waals surface area contributed by atoms with Gasteiger partial charge in [0.25, 0.3) is 5.91 Å². The summed E-state index contributed by atoms with van der Waals surface area (Å²) in [5.74, 6) is -2.24. The second-order valence-corrected chi connectivity index (χ2v) is 6.58. The van der Waals surface area contributed by atoms with Crippen LogP contribution in [0, 0.1) is 5.82 Å². The molecule has 1 aliphatic rings. The molecule has 0 bridgehead atoms. The molecule has 3 rings (SSSR count). The van der Waals surface area contributed by atoms with E-state index in [-0.39, 0.29) is 11.3 Å². The highest BCUT2D eigenvalue weighted by atomic mass is 19.4. The highest BCUT2D eigenvalue weighted by molar-refractivity contribution is 6.10. The normalized spacial score (nSPS) is 19.3. The van der Waals surface area contributed by atoms with E-state index in [1.54, 1.807) is 0 Å². The summed E-state index contributed by atoms with van der Waals surface area (Å²) < 4.78 is 52.1. The van der Waals surface area contributed by atoms with Crippen molar-refractivity contribution in [1.29, 1.82) is 0 Å². The van der Waals surface area contributed by atoms with Crippen LogP contribution in [0.4, 0.5) is 28.0 Å². The second-order valence-electron chi connectivity index (χ2n) is 6.58. The van der Waals surface area contributed by atoms with E-state index in [0.717, 1.165) is 24.3 Å². The molecule has 6 nitrogen and oxygen atoms in total. The Morgan fingerprint density at radius 2 is 1.83 bits per heavy atom. The maximum atomic E-state index is 13.2. The van der Waals surface area contributed by atoms with Gasteiger partial charge in [-0.1, -0.05) is 18.2 Å². The Morgan fingerprint density at radius 1 is 1.14 bits per heavy atom. The third kappa shape index (κ3) is 4.05. The lowest BCUT2D eigenvalue weighted by Crippen LogP contribution is -2.42. The van der Waals surface area contributed by atoms with Crippen LogP contribution < -0.4 is 10.6 Å². The Bertz CT molecular complexity index is 993. The van der Waals surface area contributed by atoms with E-state index in [0.29, 0.717) is 4.90 Å². The fourth-order valence-corrected chi connectivity index (χ4v) is 2.95. The number of amides is 4. The molecule has 0 radical (unpaired) electrons. The quantitative estimate of drug-likeness (QED) is 0.601. The molecule has 1 saturated heterocycles. The van der Waals surface area contributed by atoms with E-state index >= 15 is 0 Å². The van der Waals surface area contributed by atoms with Gasteiger partial charge >= 0.3 is 12.2 Å². The SMILES string of the molecule is C[C@@]1(c2cccc(C(F)(F)F)c2)NC(=O)N(CC(=O)Nc2cccc(F)c2)C1=O. The summed E-state index contributed by atoms with van der Waals surface area (Å²) in [4.78, 5) is 37.7. The van der Waals surface area contributed by atoms with E-state index in [2.05, 4.69) is 10.6 Å². The first-order valence-electron chi connectivity index (χ1n) is 8.38. The molecule has 2 aromatic carbocycles. The molecule has 1 fully saturated rings. The lowest BCUT2D eigenvalue weighted by atomic mass is 9.90. The summed E-state index contributed by atoms with van der Waals surface area (Å²) in [5.41, 5.74) is -2.68. The Balaban J connectivity index is 1.79. The number of carbonyl (C=O) groups excluding carboxylic acids is 3. The number of nitrogens with zero attached hydrogens (tertiary/aromatic N) is 1. The first-order chi connectivity index (χ1) is 13.5. The topological polar surface area (TPSA) is 78.5 Å². The van der Waals surface area contributed by atoms with Crippen LogP contribution in [-0.4, -0.2) is 29.3 Å². The van der Waals surface area contributed by atoms with Crippen LogP contribution in [-0.2, 0) is 21.3 Å². The van der Waals surface area contributed by atoms with Crippen LogP contribution in [0.2, 0.25) is 0 Å². The Labute approximate surface area is 162 Å². The number of carbonyl (C=O) groups is 3. The van der Waals surface area contributed by atoms with Crippen LogP contribution in [0.1, 0.15) is 18.1 Å². The van der Waals surface area contributed by atoms with Gasteiger partial charge in [0.05, 0.1) is 5.56 Å². The number of alkyl halides is 3. The molecule has 10 heteroatoms. The molecule has 1 heterocycles. The lowest BCUT2D eigenvalue weighted by Gasteiger charge is -2.23. The highest BCUT2D eigenvalue weighted by Gasteiger charge is 2.50. The van der Waals surface area contributed by atoms with Gasteiger partial charge in [-0.15, -0.1) is 0 Å². The summed E-state index contributed by atoms with van der Waals surface area (Å²) in [7, 11) is 0. The summed E-state index contributed by atoms with van der Waals surface area (Å²) in [5, 5.41) is 4.68. The minimum atomic E-state index is -4.62. The molecule has 1 aliphatic heterocycles. The van der Waals surface area contributed by atoms with Gasteiger partial charge in [0.1, 0.15) is 17.9 Å². The van der Waals surface area contributed by atoms with Crippen molar-refractivity contribution in [2.24, 2.45) is 0 Å². The van der Waals surface area contributed by atoms with Crippen LogP contribution in [0.15, 0.2) is 48.5 Å². The van der Waals surface area contributed by atoms with Crippen molar-refractivity contribution in [3.05, 3.63) is 65.5 Å². The number of hydrogen-bond donors (Lipinski definition) is 2. The Kier molecular flexibility index (Phi) is 5.04. The molecule has 0 spiro atoms. The van der Waals surface area contributed by atoms with Crippen molar-refractivity contribution in [3.8, 4) is 0 Å². The standard InChI is InChI=1S/C19H15F4N3O3/c1-18(11-4-2-5-12(8-11)19(21,22)23)16(28)26(17(29)25-18)10-15(27)24-14-7-3-6-13(20)9-14/h2-9H,10H2,1H3,(H,24,27)(H,25,29)/t18-/m0/s1. The minimum absolute atomic E-state index is 0.0706. The molecule has 4 amide bonds. The summed E-state index contributed by atoms with van der Waals surface area (Å²) >= 11 is 0. The molecule has 2 N–H and O–H groups in total. The van der Waals surface area contributed by atoms with Crippen molar-refractivity contribution in [2.75, 3.05) is 11.9 Å². The summed E-state index contributed by atoms with van der Waals surface area (Å²) in [6.07, 6.45) is -4.62. The van der Waals surface area contributed by atoms with Crippen molar-refractivity contribution >= 4 is 23.5 Å². The van der Waals surface area contributed by atoms with Crippen LogP contribution in [0.5, 0.6) is 0 Å². The fourth-order valence-electron chi connectivity index (χ4n) is 2.95. The van der Waals surface area contributed by atoms with Gasteiger partial charge < -0.3 is 10.6 Å². The van der Waals surface area contributed by atoms with Gasteiger partial charge in [0.15, 0.2) is 0 Å². The fraction of sp³-hybridized carbons (Fsp3) is 0.211. The number of benzene rings is 2. The third-order valence-corrected chi connectivity index (χ3v) is 4.45. The van der Waals surface area contributed by atoms with Crippen molar-refractivity contribution in [2.45, 2.75) is 18.6 Å². The average molecular weight is 409 g/mol. The minimum Gasteiger partial charge on any atom is -0.324 e. The van der Waals surface area contributed by atoms with Crippen molar-refractivity contribution < 1.29 is 31.9 Å². The lowest BCUT2D eigenvalue weighted by molar-refractivity contribution is -0.138. The maximum Gasteiger partial charge on any atom is 0.416 e. The van der Waals surface area contributed by atoms with Gasteiger partial charge in [0, 0.05) is 5.69 Å². The zero-order valence-corrected chi connectivity index (χ0v) is 15.0. The van der Waals surface area contributed by atoms with Crippen LogP contribution in [0.3, 0.4) is 0 Å². The van der Waals surface area contributed by atoms with Crippen molar-refractivity contribution in [1.82, 2.24) is 10.2 Å². The molecular weight excluding hydrogens is 394 g/mol. The predicted octanol–water partition coefficient (Wildman–Crippen LogP) is 3.25. The molecule has 2 aromatic rings. The van der Waals surface area contributed by atoms with E-state index in [9.17, 15) is 31.9 Å². The Morgan fingerprint density at radius 3 is 2.48 bits per heavy atom. The molecule has 152 valence electrons. The van der Waals surface area contributed by atoms with E-state index in [4.69, 9.17) is 0 Å². The number of anilines is 1. The predicted molar refractivity (Wildman–Crippen MR) is 94.1 cm³/mol. The van der Waals surface area contributed by atoms with Crippen LogP contribution >= 0.6 is 0 Å². The molecule has 0 aliphatic carbocycles. The number of hydrogen-bond acceptors (Lipinski definition) is 3. The largest absolute Gasteiger partial charge is 0.416 e. The number of halogens is 4. The average Bonchev–Trinajstić information content (AvgIpc) is 2.85. The van der Waals surface area contributed by atoms with Gasteiger partial charge in [-0.3, -0.25) is 14.5 Å². The van der Waals surface area contributed by atoms with Crippen LogP contribution in [0.25, 0.3) is 0 Å². The first-order valence-corrected chi connectivity index (χ1v) is 8.38. The summed E-state index contributed by atoms with van der Waals surface area (Å²) in [6, 6.07) is 8.11. The number of imide groups is 1. The monoisotopic (exact) mass is 409 g/mol. The van der Waals surface area contributed by atoms with Crippen molar-refractivity contribution in [3.63, 3.8) is 0 Å². The van der Waals surface area contributed by atoms with Gasteiger partial charge in [-0.25, -0.2) is 9.18 Å². The van der Waals surface area contributed by atoms with Gasteiger partial charge in [-0.2, -0.15) is 13.2 Å². The van der Waals surface area contributed by atoms with E-state index in [1.165, 1.54) is 31.2 Å². The molecule has 0 saturated carbocycles. The smallest absolute Gasteiger partial charge is 0.324 e. The van der Waals surface area contributed by atoms with E-state index in [1.807, 2.05) is 0 Å². The zero-order valence-electron chi connectivity index (χ0n) is 15.0. The number of rotatable bonds is 4. The molecule has 1 atom stereocenters. The first kappa shape index (κ1) is 20.3. The molecule has 0 aromatic heterocycles. The van der Waals surface area contributed by atoms with E-state index < -0.39 is 47.5 Å². The molecule has 29 heavy (non-hydrogen) atoms. The third-order valence-electron chi connectivity index (χ3n) is 4.45. The number of nitrogens with one attached hydrogen (secondary N) is 2. The zero-order chi connectivity index (χ0) is 21.4. The Hall–Kier alpha value is -3.43.